The molecule has 0 saturated heterocycles. The fraction of sp³-hybridized carbons (Fsp3) is 0. The van der Waals surface area contributed by atoms with Crippen LogP contribution in [-0.4, -0.2) is 24.1 Å². The molecule has 4 heterocycles. The highest BCUT2D eigenvalue weighted by atomic mass is 15.1. The number of hydrogen-bond donors (Lipinski definition) is 0. The molecule has 0 N–H and O–H groups in total. The maximum Gasteiger partial charge on any atom is 0.162 e. The molecular weight excluding hydrogens is 971 g/mol. The summed E-state index contributed by atoms with van der Waals surface area (Å²) in [4.78, 5) is 15.8. The SMILES string of the molecule is c1ccc(-c2ccc3c(c2)c2cc(-c4ccccc4)ccc2n3-c2nccc(-c3ccc(-c4cc(-c5ccccc5)nc(-c5ccccc5)n4)cc3)c2-n2c3ccc(-c4ccccc4)cc3c3cc(-c4ccccc4)ccc32)cc1. The Hall–Kier alpha value is -10.8. The van der Waals surface area contributed by atoms with E-state index in [9.17, 15) is 0 Å². The van der Waals surface area contributed by atoms with Crippen LogP contribution in [0.4, 0.5) is 0 Å². The Kier molecular flexibility index (Phi) is 11.4. The number of fused-ring (bicyclic) bond motifs is 6. The lowest BCUT2D eigenvalue weighted by Crippen LogP contribution is -2.08. The van der Waals surface area contributed by atoms with Crippen molar-refractivity contribution in [2.75, 3.05) is 0 Å². The highest BCUT2D eigenvalue weighted by Gasteiger charge is 2.25. The van der Waals surface area contributed by atoms with Gasteiger partial charge in [0.25, 0.3) is 0 Å². The number of rotatable bonds is 10. The van der Waals surface area contributed by atoms with Gasteiger partial charge >= 0.3 is 0 Å². The summed E-state index contributed by atoms with van der Waals surface area (Å²) >= 11 is 0. The Morgan fingerprint density at radius 1 is 0.237 bits per heavy atom. The molecule has 0 unspecified atom stereocenters. The summed E-state index contributed by atoms with van der Waals surface area (Å²) in [5.41, 5.74) is 21.4. The topological polar surface area (TPSA) is 48.5 Å². The zero-order valence-electron chi connectivity index (χ0n) is 43.5. The van der Waals surface area contributed by atoms with Crippen LogP contribution in [0.15, 0.2) is 297 Å². The minimum absolute atomic E-state index is 0.683. The highest BCUT2D eigenvalue weighted by molar-refractivity contribution is 6.14. The maximum atomic E-state index is 5.54. The summed E-state index contributed by atoms with van der Waals surface area (Å²) in [5.74, 6) is 1.50. The standard InChI is InChI=1S/C75H49N5/c1-7-19-50(20-8-1)58-35-39-69-63(45-58)64-46-59(51-21-9-2-10-22-51)36-40-70(64)79(69)73-62(54-31-33-56(34-32-54)68-49-67(55-27-15-5-16-28-55)77-74(78-68)57-29-17-6-18-30-57)43-44-76-75(73)80-71-41-37-60(52-23-11-3-12-24-52)47-65(71)66-48-61(38-42-72(66)80)53-25-13-4-14-26-53/h1-49H. The number of pyridine rings is 1. The van der Waals surface area contributed by atoms with Crippen LogP contribution in [0.1, 0.15) is 0 Å². The zero-order chi connectivity index (χ0) is 52.9. The van der Waals surface area contributed by atoms with E-state index in [1.54, 1.807) is 0 Å². The van der Waals surface area contributed by atoms with Crippen LogP contribution in [0, 0.1) is 0 Å². The number of aromatic nitrogens is 5. The summed E-state index contributed by atoms with van der Waals surface area (Å²) in [6.45, 7) is 0. The monoisotopic (exact) mass is 1020 g/mol. The smallest absolute Gasteiger partial charge is 0.162 e. The average molecular weight is 1020 g/mol. The van der Waals surface area contributed by atoms with Crippen molar-refractivity contribution in [3.05, 3.63) is 297 Å². The van der Waals surface area contributed by atoms with Crippen molar-refractivity contribution >= 4 is 43.6 Å². The van der Waals surface area contributed by atoms with Crippen molar-refractivity contribution in [2.45, 2.75) is 0 Å². The molecule has 15 aromatic rings. The van der Waals surface area contributed by atoms with Crippen molar-refractivity contribution in [1.29, 1.82) is 0 Å². The van der Waals surface area contributed by atoms with E-state index < -0.39 is 0 Å². The molecule has 0 radical (unpaired) electrons. The molecule has 11 aromatic carbocycles. The molecule has 374 valence electrons. The summed E-state index contributed by atoms with van der Waals surface area (Å²) in [6.07, 6.45) is 1.98. The lowest BCUT2D eigenvalue weighted by Gasteiger charge is -2.20. The molecule has 0 aliphatic carbocycles. The van der Waals surface area contributed by atoms with Gasteiger partial charge in [0, 0.05) is 50.0 Å². The van der Waals surface area contributed by atoms with Gasteiger partial charge in [0.05, 0.1) is 39.1 Å². The van der Waals surface area contributed by atoms with Gasteiger partial charge in [-0.15, -0.1) is 0 Å². The summed E-state index contributed by atoms with van der Waals surface area (Å²) in [5, 5.41) is 4.62. The Balaban J connectivity index is 1.00. The minimum Gasteiger partial charge on any atom is -0.305 e. The number of hydrogen-bond acceptors (Lipinski definition) is 3. The lowest BCUT2D eigenvalue weighted by atomic mass is 10.0. The molecule has 0 atom stereocenters. The first-order valence-electron chi connectivity index (χ1n) is 27.2. The minimum atomic E-state index is 0.683. The first kappa shape index (κ1) is 46.5. The van der Waals surface area contributed by atoms with Gasteiger partial charge in [-0.05, 0) is 111 Å². The van der Waals surface area contributed by atoms with Crippen molar-refractivity contribution in [2.24, 2.45) is 0 Å². The van der Waals surface area contributed by atoms with E-state index in [1.165, 1.54) is 22.3 Å². The molecule has 0 bridgehead atoms. The molecule has 0 fully saturated rings. The van der Waals surface area contributed by atoms with Crippen LogP contribution < -0.4 is 0 Å². The quantitative estimate of drug-likeness (QED) is 0.137. The normalized spacial score (nSPS) is 11.5. The van der Waals surface area contributed by atoms with E-state index in [1.807, 2.05) is 30.5 Å². The van der Waals surface area contributed by atoms with Crippen molar-refractivity contribution in [3.63, 3.8) is 0 Å². The van der Waals surface area contributed by atoms with Gasteiger partial charge in [-0.3, -0.25) is 4.57 Å². The third kappa shape index (κ3) is 8.24. The second kappa shape index (κ2) is 19.7. The van der Waals surface area contributed by atoms with Gasteiger partial charge in [-0.25, -0.2) is 15.0 Å². The van der Waals surface area contributed by atoms with Crippen molar-refractivity contribution < 1.29 is 0 Å². The Labute approximate surface area is 463 Å². The van der Waals surface area contributed by atoms with Crippen LogP contribution in [-0.2, 0) is 0 Å². The molecule has 0 saturated carbocycles. The summed E-state index contributed by atoms with van der Waals surface area (Å²) in [6, 6.07) is 104. The maximum absolute atomic E-state index is 5.54. The molecule has 0 spiro atoms. The van der Waals surface area contributed by atoms with E-state index >= 15 is 0 Å². The molecule has 0 aliphatic heterocycles. The largest absolute Gasteiger partial charge is 0.305 e. The van der Waals surface area contributed by atoms with E-state index in [-0.39, 0.29) is 0 Å². The molecule has 5 heteroatoms. The highest BCUT2D eigenvalue weighted by Crippen LogP contribution is 2.45. The first-order chi connectivity index (χ1) is 39.7. The Morgan fingerprint density at radius 2 is 0.550 bits per heavy atom. The van der Waals surface area contributed by atoms with E-state index in [0.29, 0.717) is 5.82 Å². The van der Waals surface area contributed by atoms with Gasteiger partial charge in [0.15, 0.2) is 11.6 Å². The van der Waals surface area contributed by atoms with E-state index in [2.05, 4.69) is 276 Å². The van der Waals surface area contributed by atoms with Crippen LogP contribution in [0.3, 0.4) is 0 Å². The second-order valence-corrected chi connectivity index (χ2v) is 20.4. The lowest BCUT2D eigenvalue weighted by molar-refractivity contribution is 1.03. The van der Waals surface area contributed by atoms with Gasteiger partial charge in [-0.1, -0.05) is 231 Å². The van der Waals surface area contributed by atoms with Crippen LogP contribution in [0.25, 0.3) is 145 Å². The predicted molar refractivity (Wildman–Crippen MR) is 332 cm³/mol. The third-order valence-corrected chi connectivity index (χ3v) is 15.6. The Morgan fingerprint density at radius 3 is 0.938 bits per heavy atom. The predicted octanol–water partition coefficient (Wildman–Crippen LogP) is 19.4. The third-order valence-electron chi connectivity index (χ3n) is 15.6. The molecule has 5 nitrogen and oxygen atoms in total. The second-order valence-electron chi connectivity index (χ2n) is 20.4. The molecule has 0 aliphatic rings. The summed E-state index contributed by atoms with van der Waals surface area (Å²) in [7, 11) is 0. The fourth-order valence-electron chi connectivity index (χ4n) is 11.7. The van der Waals surface area contributed by atoms with Crippen LogP contribution in [0.2, 0.25) is 0 Å². The Bertz CT molecular complexity index is 4510. The number of benzene rings is 11. The summed E-state index contributed by atoms with van der Waals surface area (Å²) < 4.78 is 4.86. The van der Waals surface area contributed by atoms with Gasteiger partial charge in [-0.2, -0.15) is 0 Å². The number of nitrogens with zero attached hydrogens (tertiary/aromatic N) is 5. The first-order valence-corrected chi connectivity index (χ1v) is 27.2. The van der Waals surface area contributed by atoms with Crippen molar-refractivity contribution in [3.8, 4) is 101 Å². The van der Waals surface area contributed by atoms with Crippen molar-refractivity contribution in [1.82, 2.24) is 24.1 Å². The molecule has 0 amide bonds. The molecule has 80 heavy (non-hydrogen) atoms. The van der Waals surface area contributed by atoms with E-state index in [0.717, 1.165) is 117 Å². The fourth-order valence-corrected chi connectivity index (χ4v) is 11.7. The molecule has 15 rings (SSSR count). The average Bonchev–Trinajstić information content (AvgIpc) is 4.27. The molecule has 4 aromatic heterocycles. The van der Waals surface area contributed by atoms with Crippen LogP contribution in [0.5, 0.6) is 0 Å². The van der Waals surface area contributed by atoms with Crippen LogP contribution >= 0.6 is 0 Å². The van der Waals surface area contributed by atoms with Gasteiger partial charge < -0.3 is 4.57 Å². The van der Waals surface area contributed by atoms with E-state index in [4.69, 9.17) is 15.0 Å². The molecular formula is C75H49N5. The van der Waals surface area contributed by atoms with Gasteiger partial charge in [0.1, 0.15) is 0 Å². The zero-order valence-corrected chi connectivity index (χ0v) is 43.5. The van der Waals surface area contributed by atoms with Gasteiger partial charge in [0.2, 0.25) is 0 Å².